The van der Waals surface area contributed by atoms with Crippen molar-refractivity contribution in [2.75, 3.05) is 6.54 Å². The molecule has 2 atom stereocenters. The van der Waals surface area contributed by atoms with E-state index in [1.807, 2.05) is 6.92 Å². The van der Waals surface area contributed by atoms with E-state index in [9.17, 15) is 18.3 Å². The fourth-order valence-electron chi connectivity index (χ4n) is 2.12. The van der Waals surface area contributed by atoms with Crippen molar-refractivity contribution in [2.45, 2.75) is 51.4 Å². The van der Waals surface area contributed by atoms with Crippen molar-refractivity contribution >= 4 is 0 Å². The molecule has 0 aromatic heterocycles. The number of alkyl halides is 3. The molecule has 0 saturated heterocycles. The summed E-state index contributed by atoms with van der Waals surface area (Å²) in [5.41, 5.74) is -0.437. The third kappa shape index (κ3) is 5.13. The van der Waals surface area contributed by atoms with E-state index in [1.54, 1.807) is 0 Å². The van der Waals surface area contributed by atoms with Crippen molar-refractivity contribution in [2.24, 2.45) is 0 Å². The average molecular weight is 289 g/mol. The van der Waals surface area contributed by atoms with Gasteiger partial charge in [-0.1, -0.05) is 32.4 Å². The van der Waals surface area contributed by atoms with Gasteiger partial charge in [-0.25, -0.2) is 0 Å². The van der Waals surface area contributed by atoms with Crippen molar-refractivity contribution < 1.29 is 18.3 Å². The van der Waals surface area contributed by atoms with Crippen LogP contribution >= 0.6 is 0 Å². The number of aliphatic hydroxyl groups excluding tert-OH is 1. The minimum Gasteiger partial charge on any atom is -0.387 e. The Labute approximate surface area is 118 Å². The average Bonchev–Trinajstić information content (AvgIpc) is 2.42. The number of aliphatic hydroxyl groups is 1. The molecule has 0 bridgehead atoms. The predicted octanol–water partition coefficient (Wildman–Crippen LogP) is 3.91. The zero-order valence-corrected chi connectivity index (χ0v) is 11.9. The molecule has 0 aliphatic carbocycles. The maximum absolute atomic E-state index is 12.6. The minimum atomic E-state index is -4.38. The van der Waals surface area contributed by atoms with Crippen LogP contribution in [0.5, 0.6) is 0 Å². The van der Waals surface area contributed by atoms with Crippen molar-refractivity contribution in [1.29, 1.82) is 0 Å². The standard InChI is InChI=1S/C15H22F3NO/c1-3-6-13(4-2)19-10-14(20)11-7-5-8-12(9-11)15(16,17)18/h5,7-9,13-14,19-20H,3-4,6,10H2,1-2H3. The first kappa shape index (κ1) is 17.0. The normalized spacial score (nSPS) is 15.1. The molecule has 2 nitrogen and oxygen atoms in total. The van der Waals surface area contributed by atoms with E-state index in [4.69, 9.17) is 0 Å². The molecule has 0 radical (unpaired) electrons. The lowest BCUT2D eigenvalue weighted by Gasteiger charge is -2.19. The van der Waals surface area contributed by atoms with Gasteiger partial charge in [-0.15, -0.1) is 0 Å². The Morgan fingerprint density at radius 2 is 1.95 bits per heavy atom. The van der Waals surface area contributed by atoms with Crippen LogP contribution in [0.3, 0.4) is 0 Å². The second kappa shape index (κ2) is 7.64. The molecular weight excluding hydrogens is 267 g/mol. The van der Waals surface area contributed by atoms with Crippen molar-refractivity contribution in [3.63, 3.8) is 0 Å². The Morgan fingerprint density at radius 1 is 1.25 bits per heavy atom. The van der Waals surface area contributed by atoms with Crippen LogP contribution in [0.4, 0.5) is 13.2 Å². The molecule has 5 heteroatoms. The highest BCUT2D eigenvalue weighted by molar-refractivity contribution is 5.27. The summed E-state index contributed by atoms with van der Waals surface area (Å²) in [7, 11) is 0. The molecule has 20 heavy (non-hydrogen) atoms. The molecule has 1 aromatic carbocycles. The van der Waals surface area contributed by atoms with Crippen LogP contribution in [-0.4, -0.2) is 17.7 Å². The van der Waals surface area contributed by atoms with Crippen molar-refractivity contribution in [3.8, 4) is 0 Å². The van der Waals surface area contributed by atoms with E-state index in [1.165, 1.54) is 12.1 Å². The Morgan fingerprint density at radius 3 is 2.50 bits per heavy atom. The summed E-state index contributed by atoms with van der Waals surface area (Å²) >= 11 is 0. The molecule has 0 saturated carbocycles. The highest BCUT2D eigenvalue weighted by Gasteiger charge is 2.30. The quantitative estimate of drug-likeness (QED) is 0.797. The Bertz CT molecular complexity index is 406. The summed E-state index contributed by atoms with van der Waals surface area (Å²) in [4.78, 5) is 0. The van der Waals surface area contributed by atoms with Gasteiger partial charge in [-0.05, 0) is 30.5 Å². The van der Waals surface area contributed by atoms with Gasteiger partial charge in [0.25, 0.3) is 0 Å². The zero-order chi connectivity index (χ0) is 15.2. The van der Waals surface area contributed by atoms with Gasteiger partial charge in [0.05, 0.1) is 11.7 Å². The number of hydrogen-bond donors (Lipinski definition) is 2. The summed E-state index contributed by atoms with van der Waals surface area (Å²) in [5.74, 6) is 0. The largest absolute Gasteiger partial charge is 0.416 e. The van der Waals surface area contributed by atoms with Crippen LogP contribution in [0.1, 0.15) is 50.3 Å². The molecule has 114 valence electrons. The summed E-state index contributed by atoms with van der Waals surface area (Å²) in [6.45, 7) is 4.39. The zero-order valence-electron chi connectivity index (χ0n) is 11.9. The maximum atomic E-state index is 12.6. The number of hydrogen-bond acceptors (Lipinski definition) is 2. The lowest BCUT2D eigenvalue weighted by atomic mass is 10.0. The topological polar surface area (TPSA) is 32.3 Å². The SMILES string of the molecule is CCCC(CC)NCC(O)c1cccc(C(F)(F)F)c1. The van der Waals surface area contributed by atoms with Crippen molar-refractivity contribution in [3.05, 3.63) is 35.4 Å². The van der Waals surface area contributed by atoms with E-state index in [2.05, 4.69) is 12.2 Å². The summed E-state index contributed by atoms with van der Waals surface area (Å²) in [5, 5.41) is 13.2. The van der Waals surface area contributed by atoms with Gasteiger partial charge in [0, 0.05) is 12.6 Å². The van der Waals surface area contributed by atoms with Gasteiger partial charge in [0.1, 0.15) is 0 Å². The molecule has 0 spiro atoms. The highest BCUT2D eigenvalue weighted by Crippen LogP contribution is 2.30. The van der Waals surface area contributed by atoms with E-state index < -0.39 is 17.8 Å². The number of benzene rings is 1. The van der Waals surface area contributed by atoms with Gasteiger partial charge in [-0.3, -0.25) is 0 Å². The van der Waals surface area contributed by atoms with Gasteiger partial charge in [0.15, 0.2) is 0 Å². The fraction of sp³-hybridized carbons (Fsp3) is 0.600. The summed E-state index contributed by atoms with van der Waals surface area (Å²) in [6.07, 6.45) is -2.35. The van der Waals surface area contributed by atoms with E-state index in [-0.39, 0.29) is 6.54 Å². The van der Waals surface area contributed by atoms with Crippen LogP contribution < -0.4 is 5.32 Å². The van der Waals surface area contributed by atoms with Crippen molar-refractivity contribution in [1.82, 2.24) is 5.32 Å². The monoisotopic (exact) mass is 289 g/mol. The number of nitrogens with one attached hydrogen (secondary N) is 1. The Kier molecular flexibility index (Phi) is 6.49. The van der Waals surface area contributed by atoms with Gasteiger partial charge < -0.3 is 10.4 Å². The van der Waals surface area contributed by atoms with E-state index >= 15 is 0 Å². The van der Waals surface area contributed by atoms with Crippen LogP contribution in [0.15, 0.2) is 24.3 Å². The fourth-order valence-corrected chi connectivity index (χ4v) is 2.12. The first-order valence-corrected chi connectivity index (χ1v) is 6.97. The van der Waals surface area contributed by atoms with Crippen LogP contribution in [0, 0.1) is 0 Å². The van der Waals surface area contributed by atoms with E-state index in [0.717, 1.165) is 31.4 Å². The van der Waals surface area contributed by atoms with Gasteiger partial charge in [-0.2, -0.15) is 13.2 Å². The first-order chi connectivity index (χ1) is 9.38. The molecule has 0 amide bonds. The van der Waals surface area contributed by atoms with Crippen LogP contribution in [-0.2, 0) is 6.18 Å². The lowest BCUT2D eigenvalue weighted by Crippen LogP contribution is -2.32. The lowest BCUT2D eigenvalue weighted by molar-refractivity contribution is -0.137. The molecular formula is C15H22F3NO. The van der Waals surface area contributed by atoms with Gasteiger partial charge >= 0.3 is 6.18 Å². The molecule has 0 aliphatic heterocycles. The molecule has 1 aromatic rings. The molecule has 1 rings (SSSR count). The number of rotatable bonds is 7. The minimum absolute atomic E-state index is 0.264. The molecule has 2 N–H and O–H groups in total. The number of halogens is 3. The Balaban J connectivity index is 2.65. The summed E-state index contributed by atoms with van der Waals surface area (Å²) < 4.78 is 37.8. The molecule has 0 heterocycles. The molecule has 0 fully saturated rings. The second-order valence-corrected chi connectivity index (χ2v) is 4.94. The summed E-state index contributed by atoms with van der Waals surface area (Å²) in [6, 6.07) is 5.15. The van der Waals surface area contributed by atoms with E-state index in [0.29, 0.717) is 11.6 Å². The highest BCUT2D eigenvalue weighted by atomic mass is 19.4. The third-order valence-electron chi connectivity index (χ3n) is 3.33. The maximum Gasteiger partial charge on any atom is 0.416 e. The van der Waals surface area contributed by atoms with Gasteiger partial charge in [0.2, 0.25) is 0 Å². The first-order valence-electron chi connectivity index (χ1n) is 6.97. The second-order valence-electron chi connectivity index (χ2n) is 4.94. The molecule has 2 unspecified atom stereocenters. The molecule has 0 aliphatic rings. The third-order valence-corrected chi connectivity index (χ3v) is 3.33. The smallest absolute Gasteiger partial charge is 0.387 e. The van der Waals surface area contributed by atoms with Crippen LogP contribution in [0.25, 0.3) is 0 Å². The van der Waals surface area contributed by atoms with Crippen LogP contribution in [0.2, 0.25) is 0 Å². The Hall–Kier alpha value is -1.07. The predicted molar refractivity (Wildman–Crippen MR) is 73.4 cm³/mol.